The van der Waals surface area contributed by atoms with Gasteiger partial charge in [-0.15, -0.1) is 0 Å². The smallest absolute Gasteiger partial charge is 0.247 e. The van der Waals surface area contributed by atoms with Crippen molar-refractivity contribution in [1.29, 1.82) is 0 Å². The summed E-state index contributed by atoms with van der Waals surface area (Å²) in [6.45, 7) is 15.6. The molecule has 0 saturated carbocycles. The van der Waals surface area contributed by atoms with E-state index in [-0.39, 0.29) is 0 Å². The average Bonchev–Trinajstić information content (AvgIpc) is 2.38. The monoisotopic (exact) mass is 324 g/mol. The summed E-state index contributed by atoms with van der Waals surface area (Å²) >= 11 is 0. The maximum Gasteiger partial charge on any atom is 0.247 e. The lowest BCUT2D eigenvalue weighted by Crippen LogP contribution is -2.73. The summed E-state index contributed by atoms with van der Waals surface area (Å²) in [7, 11) is -1.32. The lowest BCUT2D eigenvalue weighted by Gasteiger charge is -2.52. The van der Waals surface area contributed by atoms with Crippen molar-refractivity contribution in [2.45, 2.75) is 58.5 Å². The zero-order valence-corrected chi connectivity index (χ0v) is 16.8. The Morgan fingerprint density at radius 3 is 1.70 bits per heavy atom. The van der Waals surface area contributed by atoms with Gasteiger partial charge in [0.25, 0.3) is 0 Å². The van der Waals surface area contributed by atoms with Gasteiger partial charge in [0.2, 0.25) is 19.5 Å². The molecule has 0 aromatic rings. The normalized spacial score (nSPS) is 16.8. The lowest BCUT2D eigenvalue weighted by molar-refractivity contribution is -0.366. The van der Waals surface area contributed by atoms with Crippen LogP contribution in [0.25, 0.3) is 0 Å². The standard InChI is InChI=1S/C13H32O5Si2/c1-9-15-12(4,14-5)13(16-10-2,17-11-3)20(7,8)18-19-6/h9-11,19H2,1-8H3. The molecule has 0 aliphatic carbocycles. The second-order valence-corrected chi connectivity index (χ2v) is 10.4. The van der Waals surface area contributed by atoms with E-state index in [9.17, 15) is 0 Å². The molecule has 0 aromatic heterocycles. The van der Waals surface area contributed by atoms with Gasteiger partial charge in [0.05, 0.1) is 0 Å². The Kier molecular flexibility index (Phi) is 8.72. The van der Waals surface area contributed by atoms with Gasteiger partial charge in [-0.05, 0) is 40.8 Å². The van der Waals surface area contributed by atoms with E-state index < -0.39 is 29.3 Å². The Bertz CT molecular complexity index is 269. The van der Waals surface area contributed by atoms with Crippen LogP contribution in [0.15, 0.2) is 0 Å². The number of hydrogen-bond donors (Lipinski definition) is 0. The third-order valence-electron chi connectivity index (χ3n) is 3.40. The highest BCUT2D eigenvalue weighted by Crippen LogP contribution is 2.40. The van der Waals surface area contributed by atoms with E-state index in [2.05, 4.69) is 19.6 Å². The average molecular weight is 325 g/mol. The number of rotatable bonds is 11. The maximum atomic E-state index is 6.16. The van der Waals surface area contributed by atoms with Crippen LogP contribution in [0.3, 0.4) is 0 Å². The van der Waals surface area contributed by atoms with Gasteiger partial charge >= 0.3 is 0 Å². The fraction of sp³-hybridized carbons (Fsp3) is 1.00. The van der Waals surface area contributed by atoms with Gasteiger partial charge in [0.1, 0.15) is 9.76 Å². The van der Waals surface area contributed by atoms with E-state index in [4.69, 9.17) is 23.1 Å². The number of ether oxygens (including phenoxy) is 4. The molecule has 5 nitrogen and oxygen atoms in total. The van der Waals surface area contributed by atoms with Gasteiger partial charge in [-0.3, -0.25) is 0 Å². The Morgan fingerprint density at radius 2 is 1.40 bits per heavy atom. The van der Waals surface area contributed by atoms with Gasteiger partial charge in [-0.25, -0.2) is 0 Å². The molecule has 1 atom stereocenters. The first kappa shape index (κ1) is 20.2. The summed E-state index contributed by atoms with van der Waals surface area (Å²) in [6, 6.07) is 0. The molecule has 0 amide bonds. The Balaban J connectivity index is 5.84. The quantitative estimate of drug-likeness (QED) is 0.430. The molecule has 20 heavy (non-hydrogen) atoms. The van der Waals surface area contributed by atoms with Crippen LogP contribution in [0.2, 0.25) is 19.6 Å². The van der Waals surface area contributed by atoms with Gasteiger partial charge in [0.15, 0.2) is 0 Å². The minimum atomic E-state index is -2.35. The van der Waals surface area contributed by atoms with Crippen LogP contribution in [-0.2, 0) is 23.1 Å². The lowest BCUT2D eigenvalue weighted by atomic mass is 10.3. The van der Waals surface area contributed by atoms with Crippen molar-refractivity contribution in [3.63, 3.8) is 0 Å². The molecule has 0 fully saturated rings. The third kappa shape index (κ3) is 3.91. The van der Waals surface area contributed by atoms with Crippen molar-refractivity contribution in [2.75, 3.05) is 26.9 Å². The fourth-order valence-corrected chi connectivity index (χ4v) is 8.52. The maximum absolute atomic E-state index is 6.16. The molecule has 0 bridgehead atoms. The highest BCUT2D eigenvalue weighted by atomic mass is 28.4. The van der Waals surface area contributed by atoms with Crippen LogP contribution >= 0.6 is 0 Å². The summed E-state index contributed by atoms with van der Waals surface area (Å²) in [5, 5.41) is 0. The fourth-order valence-electron chi connectivity index (χ4n) is 2.62. The zero-order chi connectivity index (χ0) is 15.9. The van der Waals surface area contributed by atoms with Gasteiger partial charge in [-0.1, -0.05) is 6.55 Å². The summed E-state index contributed by atoms with van der Waals surface area (Å²) in [6.07, 6.45) is 0. The minimum absolute atomic E-state index is 0.511. The van der Waals surface area contributed by atoms with Gasteiger partial charge < -0.3 is 23.1 Å². The SMILES string of the molecule is CCOC(C)(OC)C(OCC)(OCC)[Si](C)(C)O[SiH2]C. The first-order chi connectivity index (χ1) is 9.30. The molecule has 122 valence electrons. The number of methoxy groups -OCH3 is 1. The second kappa shape index (κ2) is 8.62. The topological polar surface area (TPSA) is 46.2 Å². The molecule has 0 rings (SSSR count). The summed E-state index contributed by atoms with van der Waals surface area (Å²) in [4.78, 5) is 0. The van der Waals surface area contributed by atoms with Crippen molar-refractivity contribution < 1.29 is 23.1 Å². The molecule has 0 spiro atoms. The molecule has 0 N–H and O–H groups in total. The molecule has 0 aromatic carbocycles. The molecular formula is C13H32O5Si2. The molecule has 7 heteroatoms. The largest absolute Gasteiger partial charge is 0.457 e. The highest BCUT2D eigenvalue weighted by Gasteiger charge is 2.64. The molecule has 0 heterocycles. The molecule has 0 radical (unpaired) electrons. The minimum Gasteiger partial charge on any atom is -0.457 e. The van der Waals surface area contributed by atoms with Gasteiger partial charge in [0, 0.05) is 26.9 Å². The van der Waals surface area contributed by atoms with E-state index >= 15 is 0 Å². The molecule has 0 aliphatic rings. The highest BCUT2D eigenvalue weighted by molar-refractivity contribution is 6.77. The second-order valence-electron chi connectivity index (χ2n) is 5.01. The van der Waals surface area contributed by atoms with Crippen molar-refractivity contribution >= 4 is 18.1 Å². The molecule has 0 aliphatic heterocycles. The molecule has 1 unspecified atom stereocenters. The Morgan fingerprint density at radius 1 is 0.950 bits per heavy atom. The predicted octanol–water partition coefficient (Wildman–Crippen LogP) is 2.05. The third-order valence-corrected chi connectivity index (χ3v) is 9.77. The van der Waals surface area contributed by atoms with E-state index in [1.54, 1.807) is 7.11 Å². The first-order valence-electron chi connectivity index (χ1n) is 7.41. The van der Waals surface area contributed by atoms with E-state index in [0.29, 0.717) is 19.8 Å². The van der Waals surface area contributed by atoms with Crippen LogP contribution in [-0.4, -0.2) is 56.2 Å². The van der Waals surface area contributed by atoms with Crippen molar-refractivity contribution in [1.82, 2.24) is 0 Å². The van der Waals surface area contributed by atoms with E-state index in [0.717, 1.165) is 0 Å². The Labute approximate surface area is 127 Å². The van der Waals surface area contributed by atoms with E-state index in [1.807, 2.05) is 27.7 Å². The predicted molar refractivity (Wildman–Crippen MR) is 86.0 cm³/mol. The summed E-state index contributed by atoms with van der Waals surface area (Å²) in [5.41, 5.74) is -0.989. The van der Waals surface area contributed by atoms with Crippen molar-refractivity contribution in [3.05, 3.63) is 0 Å². The van der Waals surface area contributed by atoms with Crippen LogP contribution in [0.1, 0.15) is 27.7 Å². The van der Waals surface area contributed by atoms with Crippen molar-refractivity contribution in [2.24, 2.45) is 0 Å². The summed E-state index contributed by atoms with van der Waals surface area (Å²) in [5.74, 6) is -0.993. The first-order valence-corrected chi connectivity index (χ1v) is 12.3. The van der Waals surface area contributed by atoms with Gasteiger partial charge in [-0.2, -0.15) is 0 Å². The van der Waals surface area contributed by atoms with Crippen molar-refractivity contribution in [3.8, 4) is 0 Å². The number of hydrogen-bond acceptors (Lipinski definition) is 5. The van der Waals surface area contributed by atoms with E-state index in [1.165, 1.54) is 0 Å². The van der Waals surface area contributed by atoms with Crippen LogP contribution < -0.4 is 0 Å². The van der Waals surface area contributed by atoms with Crippen LogP contribution in [0, 0.1) is 0 Å². The molecular weight excluding hydrogens is 292 g/mol. The summed E-state index contributed by atoms with van der Waals surface area (Å²) < 4.78 is 29.9. The van der Waals surface area contributed by atoms with Crippen LogP contribution in [0.5, 0.6) is 0 Å². The molecule has 0 saturated heterocycles. The Hall–Kier alpha value is 0.234. The van der Waals surface area contributed by atoms with Crippen LogP contribution in [0.4, 0.5) is 0 Å². The zero-order valence-electron chi connectivity index (χ0n) is 14.4.